The first kappa shape index (κ1) is 22.7. The molecule has 1 aromatic carbocycles. The number of amides is 1. The van der Waals surface area contributed by atoms with Crippen molar-refractivity contribution >= 4 is 49.9 Å². The SMILES string of the molecule is COCCN(CCOC)C(=O)[C@H]1CCc2c(sc3ncnc(Nc4ccc5[nH]ncc5c4)c23)C1. The number of nitrogens with one attached hydrogen (secondary N) is 2. The van der Waals surface area contributed by atoms with Gasteiger partial charge in [-0.05, 0) is 43.0 Å². The van der Waals surface area contributed by atoms with Crippen molar-refractivity contribution in [3.63, 3.8) is 0 Å². The van der Waals surface area contributed by atoms with Gasteiger partial charge in [-0.3, -0.25) is 9.89 Å². The number of hydrogen-bond acceptors (Lipinski definition) is 8. The number of rotatable bonds is 9. The van der Waals surface area contributed by atoms with E-state index in [0.717, 1.165) is 51.9 Å². The molecule has 0 fully saturated rings. The summed E-state index contributed by atoms with van der Waals surface area (Å²) >= 11 is 1.67. The number of hydrogen-bond donors (Lipinski definition) is 2. The molecule has 3 aromatic heterocycles. The first-order valence-corrected chi connectivity index (χ1v) is 12.2. The molecule has 178 valence electrons. The highest BCUT2D eigenvalue weighted by Gasteiger charge is 2.31. The predicted molar refractivity (Wildman–Crippen MR) is 133 cm³/mol. The van der Waals surface area contributed by atoms with Crippen LogP contribution in [0.15, 0.2) is 30.7 Å². The minimum Gasteiger partial charge on any atom is -0.383 e. The number of aryl methyl sites for hydroxylation is 1. The van der Waals surface area contributed by atoms with E-state index in [9.17, 15) is 4.79 Å². The van der Waals surface area contributed by atoms with E-state index in [4.69, 9.17) is 9.47 Å². The number of nitrogens with zero attached hydrogens (tertiary/aromatic N) is 4. The van der Waals surface area contributed by atoms with Crippen LogP contribution in [0.1, 0.15) is 16.9 Å². The number of methoxy groups -OCH3 is 2. The van der Waals surface area contributed by atoms with E-state index in [1.807, 2.05) is 23.2 Å². The van der Waals surface area contributed by atoms with Gasteiger partial charge in [0.15, 0.2) is 0 Å². The molecule has 10 heteroatoms. The van der Waals surface area contributed by atoms with Crippen molar-refractivity contribution in [1.82, 2.24) is 25.1 Å². The van der Waals surface area contributed by atoms with E-state index in [-0.39, 0.29) is 11.8 Å². The number of ether oxygens (including phenoxy) is 2. The van der Waals surface area contributed by atoms with Gasteiger partial charge >= 0.3 is 0 Å². The van der Waals surface area contributed by atoms with E-state index in [2.05, 4.69) is 31.5 Å². The zero-order chi connectivity index (χ0) is 23.5. The molecule has 0 saturated carbocycles. The molecule has 0 unspecified atom stereocenters. The Morgan fingerprint density at radius 1 is 1.24 bits per heavy atom. The molecule has 34 heavy (non-hydrogen) atoms. The number of H-pyrrole nitrogens is 1. The van der Waals surface area contributed by atoms with Crippen LogP contribution < -0.4 is 5.32 Å². The fourth-order valence-electron chi connectivity index (χ4n) is 4.57. The van der Waals surface area contributed by atoms with E-state index < -0.39 is 0 Å². The van der Waals surface area contributed by atoms with E-state index in [1.54, 1.807) is 31.9 Å². The Morgan fingerprint density at radius 2 is 2.06 bits per heavy atom. The van der Waals surface area contributed by atoms with Crippen LogP contribution in [0.4, 0.5) is 11.5 Å². The zero-order valence-electron chi connectivity index (χ0n) is 19.3. The summed E-state index contributed by atoms with van der Waals surface area (Å²) in [4.78, 5) is 26.5. The summed E-state index contributed by atoms with van der Waals surface area (Å²) in [6.45, 7) is 2.20. The Bertz CT molecular complexity index is 1290. The fourth-order valence-corrected chi connectivity index (χ4v) is 5.83. The molecule has 1 aliphatic carbocycles. The fraction of sp³-hybridized carbons (Fsp3) is 0.417. The molecule has 9 nitrogen and oxygen atoms in total. The third-order valence-corrected chi connectivity index (χ3v) is 7.50. The van der Waals surface area contributed by atoms with Gasteiger partial charge in [-0.2, -0.15) is 5.10 Å². The number of aromatic nitrogens is 4. The van der Waals surface area contributed by atoms with Crippen LogP contribution in [0, 0.1) is 5.92 Å². The van der Waals surface area contributed by atoms with Crippen LogP contribution in [0.2, 0.25) is 0 Å². The lowest BCUT2D eigenvalue weighted by atomic mass is 9.87. The van der Waals surface area contributed by atoms with Gasteiger partial charge in [0.2, 0.25) is 5.91 Å². The van der Waals surface area contributed by atoms with Crippen molar-refractivity contribution in [3.05, 3.63) is 41.2 Å². The van der Waals surface area contributed by atoms with Gasteiger partial charge in [-0.25, -0.2) is 9.97 Å². The van der Waals surface area contributed by atoms with Crippen molar-refractivity contribution < 1.29 is 14.3 Å². The molecule has 1 atom stereocenters. The van der Waals surface area contributed by atoms with Crippen LogP contribution in [-0.4, -0.2) is 71.5 Å². The first-order valence-electron chi connectivity index (χ1n) is 11.4. The van der Waals surface area contributed by atoms with Gasteiger partial charge in [-0.15, -0.1) is 11.3 Å². The molecule has 4 aromatic rings. The second-order valence-corrected chi connectivity index (χ2v) is 9.54. The lowest BCUT2D eigenvalue weighted by Crippen LogP contribution is -2.41. The maximum absolute atomic E-state index is 13.3. The zero-order valence-corrected chi connectivity index (χ0v) is 20.2. The minimum absolute atomic E-state index is 0.0397. The standard InChI is InChI=1S/C24H28N6O3S/c1-32-9-7-30(8-10-33-2)24(31)15-3-5-18-20(12-15)34-23-21(18)22(25-14-26-23)28-17-4-6-19-16(11-17)13-27-29-19/h4,6,11,13-15H,3,5,7-10,12H2,1-2H3,(H,27,29)(H,25,26,28)/t15-/m0/s1. The van der Waals surface area contributed by atoms with E-state index in [1.165, 1.54) is 10.4 Å². The quantitative estimate of drug-likeness (QED) is 0.377. The van der Waals surface area contributed by atoms with Crippen molar-refractivity contribution in [3.8, 4) is 0 Å². The van der Waals surface area contributed by atoms with Crippen molar-refractivity contribution in [1.29, 1.82) is 0 Å². The molecule has 0 aliphatic heterocycles. The van der Waals surface area contributed by atoms with Crippen LogP contribution in [0.3, 0.4) is 0 Å². The van der Waals surface area contributed by atoms with Crippen LogP contribution >= 0.6 is 11.3 Å². The summed E-state index contributed by atoms with van der Waals surface area (Å²) in [5.41, 5.74) is 3.20. The number of thiophene rings is 1. The van der Waals surface area contributed by atoms with Gasteiger partial charge in [0.05, 0.1) is 30.3 Å². The maximum Gasteiger partial charge on any atom is 0.226 e. The van der Waals surface area contributed by atoms with E-state index >= 15 is 0 Å². The lowest BCUT2D eigenvalue weighted by Gasteiger charge is -2.29. The molecule has 2 N–H and O–H groups in total. The molecular weight excluding hydrogens is 452 g/mol. The number of carbonyl (C=O) groups excluding carboxylic acids is 1. The molecule has 0 spiro atoms. The third-order valence-electron chi connectivity index (χ3n) is 6.34. The summed E-state index contributed by atoms with van der Waals surface area (Å²) in [6, 6.07) is 6.06. The summed E-state index contributed by atoms with van der Waals surface area (Å²) in [5, 5.41) is 12.6. The van der Waals surface area contributed by atoms with E-state index in [0.29, 0.717) is 26.3 Å². The predicted octanol–water partition coefficient (Wildman–Crippen LogP) is 3.54. The van der Waals surface area contributed by atoms with Crippen molar-refractivity contribution in [2.75, 3.05) is 45.8 Å². The maximum atomic E-state index is 13.3. The molecule has 0 radical (unpaired) electrons. The number of benzene rings is 1. The largest absolute Gasteiger partial charge is 0.383 e. The van der Waals surface area contributed by atoms with Crippen molar-refractivity contribution in [2.45, 2.75) is 19.3 Å². The highest BCUT2D eigenvalue weighted by Crippen LogP contribution is 2.40. The highest BCUT2D eigenvalue weighted by atomic mass is 32.1. The number of anilines is 2. The summed E-state index contributed by atoms with van der Waals surface area (Å²) < 4.78 is 10.4. The second-order valence-electron chi connectivity index (χ2n) is 8.45. The molecule has 0 bridgehead atoms. The summed E-state index contributed by atoms with van der Waals surface area (Å²) in [7, 11) is 3.31. The van der Waals surface area contributed by atoms with Crippen LogP contribution in [0.5, 0.6) is 0 Å². The number of fused-ring (bicyclic) bond motifs is 4. The smallest absolute Gasteiger partial charge is 0.226 e. The molecule has 1 aliphatic rings. The minimum atomic E-state index is -0.0397. The van der Waals surface area contributed by atoms with Gasteiger partial charge in [0.25, 0.3) is 0 Å². The molecular formula is C24H28N6O3S. The Labute approximate surface area is 201 Å². The number of aromatic amines is 1. The Kier molecular flexibility index (Phi) is 6.70. The molecule has 3 heterocycles. The highest BCUT2D eigenvalue weighted by molar-refractivity contribution is 7.19. The summed E-state index contributed by atoms with van der Waals surface area (Å²) in [6.07, 6.45) is 5.78. The Morgan fingerprint density at radius 3 is 2.85 bits per heavy atom. The molecule has 5 rings (SSSR count). The summed E-state index contributed by atoms with van der Waals surface area (Å²) in [5.74, 6) is 0.939. The lowest BCUT2D eigenvalue weighted by molar-refractivity contribution is -0.137. The topological polar surface area (TPSA) is 105 Å². The van der Waals surface area contributed by atoms with Gasteiger partial charge in [-0.1, -0.05) is 0 Å². The van der Waals surface area contributed by atoms with Crippen LogP contribution in [0.25, 0.3) is 21.1 Å². The second kappa shape index (κ2) is 10.0. The van der Waals surface area contributed by atoms with Gasteiger partial charge in [0, 0.05) is 49.2 Å². The average molecular weight is 481 g/mol. The first-order chi connectivity index (χ1) is 16.7. The Hall–Kier alpha value is -3.08. The van der Waals surface area contributed by atoms with Crippen molar-refractivity contribution in [2.24, 2.45) is 5.92 Å². The van der Waals surface area contributed by atoms with Gasteiger partial charge in [0.1, 0.15) is 17.0 Å². The average Bonchev–Trinajstić information content (AvgIpc) is 3.47. The Balaban J connectivity index is 1.39. The molecule has 0 saturated heterocycles. The number of carbonyl (C=O) groups is 1. The van der Waals surface area contributed by atoms with Crippen LogP contribution in [-0.2, 0) is 27.1 Å². The third kappa shape index (κ3) is 4.48. The normalized spacial score (nSPS) is 15.5. The molecule has 1 amide bonds. The monoisotopic (exact) mass is 480 g/mol. The van der Waals surface area contributed by atoms with Gasteiger partial charge < -0.3 is 19.7 Å².